The molecule has 74 valence electrons. The average molecular weight is 220 g/mol. The minimum absolute atomic E-state index is 0.152. The molecular weight excluding hydrogens is 216 g/mol. The second kappa shape index (κ2) is 3.03. The third kappa shape index (κ3) is 1.18. The molecule has 0 fully saturated rings. The average Bonchev–Trinajstić information content (AvgIpc) is 2.93. The molecule has 0 saturated carbocycles. The molecule has 0 bridgehead atoms. The molecule has 0 atom stereocenters. The van der Waals surface area contributed by atoms with Gasteiger partial charge in [-0.25, -0.2) is 9.97 Å². The first-order chi connectivity index (χ1) is 7.38. The summed E-state index contributed by atoms with van der Waals surface area (Å²) in [6.07, 6.45) is 1.98. The number of thiazole rings is 1. The van der Waals surface area contributed by atoms with E-state index in [0.717, 1.165) is 0 Å². The second-order valence-electron chi connectivity index (χ2n) is 2.82. The van der Waals surface area contributed by atoms with E-state index in [-0.39, 0.29) is 5.76 Å². The molecule has 3 aromatic heterocycles. The van der Waals surface area contributed by atoms with Crippen molar-refractivity contribution in [1.82, 2.24) is 9.97 Å². The minimum atomic E-state index is 0.152. The Morgan fingerprint density at radius 2 is 2.40 bits per heavy atom. The SMILES string of the molecule is O=Cc1occ2nc(-c3cscn3)oc12. The van der Waals surface area contributed by atoms with E-state index in [4.69, 9.17) is 8.83 Å². The number of rotatable bonds is 2. The number of oxazole rings is 1. The van der Waals surface area contributed by atoms with Gasteiger partial charge in [0.2, 0.25) is 17.2 Å². The summed E-state index contributed by atoms with van der Waals surface area (Å²) in [5.74, 6) is 0.555. The lowest BCUT2D eigenvalue weighted by Crippen LogP contribution is -1.74. The molecule has 0 saturated heterocycles. The number of hydrogen-bond donors (Lipinski definition) is 0. The van der Waals surface area contributed by atoms with Gasteiger partial charge in [0.05, 0.1) is 5.51 Å². The van der Waals surface area contributed by atoms with E-state index in [0.29, 0.717) is 29.0 Å². The van der Waals surface area contributed by atoms with E-state index in [9.17, 15) is 4.79 Å². The molecule has 3 heterocycles. The first-order valence-corrected chi connectivity index (χ1v) is 5.04. The summed E-state index contributed by atoms with van der Waals surface area (Å²) in [5, 5.41) is 1.82. The zero-order valence-corrected chi connectivity index (χ0v) is 8.15. The van der Waals surface area contributed by atoms with Crippen LogP contribution in [-0.4, -0.2) is 16.3 Å². The molecule has 0 radical (unpaired) electrons. The Balaban J connectivity index is 2.23. The summed E-state index contributed by atoms with van der Waals surface area (Å²) in [6.45, 7) is 0. The first-order valence-electron chi connectivity index (χ1n) is 4.10. The van der Waals surface area contributed by atoms with Crippen molar-refractivity contribution in [2.75, 3.05) is 0 Å². The Hall–Kier alpha value is -1.95. The van der Waals surface area contributed by atoms with Crippen LogP contribution < -0.4 is 0 Å². The van der Waals surface area contributed by atoms with Crippen LogP contribution in [0.5, 0.6) is 0 Å². The number of aromatic nitrogens is 2. The lowest BCUT2D eigenvalue weighted by Gasteiger charge is -1.85. The highest BCUT2D eigenvalue weighted by Gasteiger charge is 2.15. The highest BCUT2D eigenvalue weighted by Crippen LogP contribution is 2.26. The van der Waals surface area contributed by atoms with E-state index in [1.165, 1.54) is 17.6 Å². The van der Waals surface area contributed by atoms with Gasteiger partial charge in [0.1, 0.15) is 17.5 Å². The van der Waals surface area contributed by atoms with Gasteiger partial charge in [0.15, 0.2) is 6.29 Å². The fraction of sp³-hybridized carbons (Fsp3) is 0. The molecule has 6 heteroatoms. The smallest absolute Gasteiger partial charge is 0.247 e. The lowest BCUT2D eigenvalue weighted by atomic mass is 10.4. The topological polar surface area (TPSA) is 69.1 Å². The van der Waals surface area contributed by atoms with Crippen LogP contribution in [0.4, 0.5) is 0 Å². The van der Waals surface area contributed by atoms with Crippen molar-refractivity contribution in [3.05, 3.63) is 22.9 Å². The minimum Gasteiger partial charge on any atom is -0.455 e. The Bertz CT molecular complexity index is 608. The first kappa shape index (κ1) is 8.37. The molecule has 0 N–H and O–H groups in total. The van der Waals surface area contributed by atoms with Gasteiger partial charge in [-0.05, 0) is 0 Å². The van der Waals surface area contributed by atoms with Crippen molar-refractivity contribution in [3.63, 3.8) is 0 Å². The van der Waals surface area contributed by atoms with Gasteiger partial charge in [-0.3, -0.25) is 4.79 Å². The van der Waals surface area contributed by atoms with Gasteiger partial charge in [-0.1, -0.05) is 0 Å². The van der Waals surface area contributed by atoms with Gasteiger partial charge in [0, 0.05) is 5.38 Å². The normalized spacial score (nSPS) is 10.9. The van der Waals surface area contributed by atoms with Crippen molar-refractivity contribution < 1.29 is 13.6 Å². The molecule has 15 heavy (non-hydrogen) atoms. The molecule has 0 amide bonds. The molecule has 0 aliphatic carbocycles. The molecular formula is C9H4N2O3S. The fourth-order valence-electron chi connectivity index (χ4n) is 1.27. The maximum atomic E-state index is 10.6. The second-order valence-corrected chi connectivity index (χ2v) is 3.54. The molecule has 3 rings (SSSR count). The van der Waals surface area contributed by atoms with Gasteiger partial charge < -0.3 is 8.83 Å². The summed E-state index contributed by atoms with van der Waals surface area (Å²) in [7, 11) is 0. The van der Waals surface area contributed by atoms with E-state index in [1.54, 1.807) is 5.51 Å². The molecule has 0 aliphatic heterocycles. The van der Waals surface area contributed by atoms with Crippen molar-refractivity contribution in [2.45, 2.75) is 0 Å². The predicted molar refractivity (Wildman–Crippen MR) is 52.8 cm³/mol. The quantitative estimate of drug-likeness (QED) is 0.620. The van der Waals surface area contributed by atoms with Crippen LogP contribution in [0, 0.1) is 0 Å². The molecule has 3 aromatic rings. The standard InChI is InChI=1S/C9H4N2O3S/c12-1-7-8-5(2-13-7)11-9(14-8)6-3-15-4-10-6/h1-4H. The predicted octanol–water partition coefficient (Wildman–Crippen LogP) is 2.36. The van der Waals surface area contributed by atoms with Crippen LogP contribution >= 0.6 is 11.3 Å². The van der Waals surface area contributed by atoms with E-state index in [2.05, 4.69) is 9.97 Å². The number of furan rings is 1. The van der Waals surface area contributed by atoms with Crippen LogP contribution in [0.15, 0.2) is 26.0 Å². The molecule has 5 nitrogen and oxygen atoms in total. The monoisotopic (exact) mass is 220 g/mol. The van der Waals surface area contributed by atoms with Gasteiger partial charge >= 0.3 is 0 Å². The fourth-order valence-corrected chi connectivity index (χ4v) is 1.80. The molecule has 0 aliphatic rings. The van der Waals surface area contributed by atoms with E-state index in [1.807, 2.05) is 5.38 Å². The third-order valence-electron chi connectivity index (χ3n) is 1.93. The highest BCUT2D eigenvalue weighted by atomic mass is 32.1. The zero-order chi connectivity index (χ0) is 10.3. The van der Waals surface area contributed by atoms with Crippen molar-refractivity contribution >= 4 is 28.7 Å². The van der Waals surface area contributed by atoms with Crippen molar-refractivity contribution in [1.29, 1.82) is 0 Å². The van der Waals surface area contributed by atoms with Crippen LogP contribution in [0.3, 0.4) is 0 Å². The van der Waals surface area contributed by atoms with E-state index < -0.39 is 0 Å². The van der Waals surface area contributed by atoms with Crippen LogP contribution in [0.25, 0.3) is 22.7 Å². The Morgan fingerprint density at radius 1 is 1.47 bits per heavy atom. The third-order valence-corrected chi connectivity index (χ3v) is 2.52. The van der Waals surface area contributed by atoms with Crippen LogP contribution in [-0.2, 0) is 0 Å². The molecule has 0 aromatic carbocycles. The van der Waals surface area contributed by atoms with Gasteiger partial charge in [-0.2, -0.15) is 0 Å². The van der Waals surface area contributed by atoms with Crippen molar-refractivity contribution in [3.8, 4) is 11.6 Å². The largest absolute Gasteiger partial charge is 0.455 e. The van der Waals surface area contributed by atoms with E-state index >= 15 is 0 Å². The summed E-state index contributed by atoms with van der Waals surface area (Å²) in [6, 6.07) is 0. The van der Waals surface area contributed by atoms with Crippen LogP contribution in [0.1, 0.15) is 10.6 Å². The summed E-state index contributed by atoms with van der Waals surface area (Å²) < 4.78 is 10.3. The zero-order valence-electron chi connectivity index (χ0n) is 7.34. The summed E-state index contributed by atoms with van der Waals surface area (Å²) >= 11 is 1.45. The summed E-state index contributed by atoms with van der Waals surface area (Å²) in [4.78, 5) is 18.8. The van der Waals surface area contributed by atoms with Gasteiger partial charge in [0.25, 0.3) is 0 Å². The number of aldehydes is 1. The molecule has 0 unspecified atom stereocenters. The Labute approximate surface area is 87.4 Å². The van der Waals surface area contributed by atoms with Crippen molar-refractivity contribution in [2.24, 2.45) is 0 Å². The lowest BCUT2D eigenvalue weighted by molar-refractivity contribution is 0.110. The Kier molecular flexibility index (Phi) is 1.69. The highest BCUT2D eigenvalue weighted by molar-refractivity contribution is 7.07. The number of fused-ring (bicyclic) bond motifs is 1. The number of nitrogens with zero attached hydrogens (tertiary/aromatic N) is 2. The molecule has 0 spiro atoms. The maximum absolute atomic E-state index is 10.6. The number of carbonyl (C=O) groups excluding carboxylic acids is 1. The Morgan fingerprint density at radius 3 is 3.13 bits per heavy atom. The number of carbonyl (C=O) groups is 1. The van der Waals surface area contributed by atoms with Gasteiger partial charge in [-0.15, -0.1) is 11.3 Å². The maximum Gasteiger partial charge on any atom is 0.247 e. The number of hydrogen-bond acceptors (Lipinski definition) is 6. The van der Waals surface area contributed by atoms with Crippen LogP contribution in [0.2, 0.25) is 0 Å². The summed E-state index contributed by atoms with van der Waals surface area (Å²) in [5.41, 5.74) is 3.25.